The maximum Gasteiger partial charge on any atom is 0.257 e. The third-order valence-electron chi connectivity index (χ3n) is 2.75. The SMILES string of the molecule is O=C(Nc1nc2c(Cl)ccc(Cl)c2s1)c1cccc(F)c1. The Hall–Kier alpha value is -1.69. The maximum atomic E-state index is 13.1. The minimum absolute atomic E-state index is 0.214. The molecule has 2 aromatic carbocycles. The quantitative estimate of drug-likeness (QED) is 0.713. The summed E-state index contributed by atoms with van der Waals surface area (Å²) in [6, 6.07) is 8.73. The van der Waals surface area contributed by atoms with Crippen LogP contribution in [0.1, 0.15) is 10.4 Å². The van der Waals surface area contributed by atoms with Gasteiger partial charge in [0.15, 0.2) is 5.13 Å². The van der Waals surface area contributed by atoms with Crippen molar-refractivity contribution in [3.63, 3.8) is 0 Å². The molecule has 0 aliphatic carbocycles. The Kier molecular flexibility index (Phi) is 3.80. The summed E-state index contributed by atoms with van der Waals surface area (Å²) in [5, 5.41) is 3.94. The molecule has 0 saturated heterocycles. The van der Waals surface area contributed by atoms with Crippen LogP contribution in [0.4, 0.5) is 9.52 Å². The maximum absolute atomic E-state index is 13.1. The van der Waals surface area contributed by atoms with E-state index in [4.69, 9.17) is 23.2 Å². The molecule has 0 unspecified atom stereocenters. The van der Waals surface area contributed by atoms with E-state index >= 15 is 0 Å². The molecule has 1 heterocycles. The number of benzene rings is 2. The van der Waals surface area contributed by atoms with Crippen molar-refractivity contribution in [2.24, 2.45) is 0 Å². The smallest absolute Gasteiger partial charge is 0.257 e. The minimum atomic E-state index is -0.474. The highest BCUT2D eigenvalue weighted by Crippen LogP contribution is 2.36. The van der Waals surface area contributed by atoms with Crippen LogP contribution in [-0.2, 0) is 0 Å². The van der Waals surface area contributed by atoms with Crippen LogP contribution in [0.25, 0.3) is 10.2 Å². The monoisotopic (exact) mass is 340 g/mol. The Morgan fingerprint density at radius 1 is 1.19 bits per heavy atom. The summed E-state index contributed by atoms with van der Waals surface area (Å²) < 4.78 is 13.8. The lowest BCUT2D eigenvalue weighted by molar-refractivity contribution is 0.102. The van der Waals surface area contributed by atoms with Crippen LogP contribution in [0.2, 0.25) is 10.0 Å². The molecule has 0 fully saturated rings. The number of halogens is 3. The van der Waals surface area contributed by atoms with Crippen LogP contribution in [0.3, 0.4) is 0 Å². The molecule has 106 valence electrons. The number of anilines is 1. The fourth-order valence-electron chi connectivity index (χ4n) is 1.80. The predicted octanol–water partition coefficient (Wildman–Crippen LogP) is 4.99. The van der Waals surface area contributed by atoms with E-state index in [9.17, 15) is 9.18 Å². The average molecular weight is 341 g/mol. The molecule has 7 heteroatoms. The summed E-state index contributed by atoms with van der Waals surface area (Å²) in [6.07, 6.45) is 0. The van der Waals surface area contributed by atoms with Crippen molar-refractivity contribution in [2.45, 2.75) is 0 Å². The van der Waals surface area contributed by atoms with Crippen molar-refractivity contribution < 1.29 is 9.18 Å². The van der Waals surface area contributed by atoms with Gasteiger partial charge in [0, 0.05) is 5.56 Å². The van der Waals surface area contributed by atoms with E-state index in [-0.39, 0.29) is 5.56 Å². The van der Waals surface area contributed by atoms with Crippen molar-refractivity contribution in [1.29, 1.82) is 0 Å². The normalized spacial score (nSPS) is 10.8. The molecule has 0 atom stereocenters. The van der Waals surface area contributed by atoms with Gasteiger partial charge in [-0.1, -0.05) is 40.6 Å². The topological polar surface area (TPSA) is 42.0 Å². The largest absolute Gasteiger partial charge is 0.298 e. The Labute approximate surface area is 133 Å². The molecule has 0 bridgehead atoms. The molecule has 0 aliphatic rings. The molecule has 0 saturated carbocycles. The first kappa shape index (κ1) is 14.3. The first-order chi connectivity index (χ1) is 10.0. The minimum Gasteiger partial charge on any atom is -0.298 e. The second-order valence-corrected chi connectivity index (χ2v) is 6.00. The number of fused-ring (bicyclic) bond motifs is 1. The fourth-order valence-corrected chi connectivity index (χ4v) is 3.21. The number of hydrogen-bond acceptors (Lipinski definition) is 3. The fraction of sp³-hybridized carbons (Fsp3) is 0. The van der Waals surface area contributed by atoms with Crippen LogP contribution >= 0.6 is 34.5 Å². The van der Waals surface area contributed by atoms with Gasteiger partial charge < -0.3 is 0 Å². The summed E-state index contributed by atoms with van der Waals surface area (Å²) >= 11 is 13.3. The summed E-state index contributed by atoms with van der Waals surface area (Å²) in [4.78, 5) is 16.3. The van der Waals surface area contributed by atoms with Gasteiger partial charge in [0.2, 0.25) is 0 Å². The van der Waals surface area contributed by atoms with Crippen molar-refractivity contribution in [1.82, 2.24) is 4.98 Å². The molecule has 21 heavy (non-hydrogen) atoms. The zero-order valence-corrected chi connectivity index (χ0v) is 12.7. The lowest BCUT2D eigenvalue weighted by Crippen LogP contribution is -2.11. The molecule has 0 aliphatic heterocycles. The molecule has 0 spiro atoms. The van der Waals surface area contributed by atoms with E-state index in [1.807, 2.05) is 0 Å². The summed E-state index contributed by atoms with van der Waals surface area (Å²) in [5.74, 6) is -0.918. The second kappa shape index (κ2) is 5.60. The number of rotatable bonds is 2. The summed E-state index contributed by atoms with van der Waals surface area (Å²) in [6.45, 7) is 0. The highest BCUT2D eigenvalue weighted by atomic mass is 35.5. The second-order valence-electron chi connectivity index (χ2n) is 4.19. The van der Waals surface area contributed by atoms with Gasteiger partial charge in [-0.2, -0.15) is 0 Å². The lowest BCUT2D eigenvalue weighted by Gasteiger charge is -2.01. The van der Waals surface area contributed by atoms with Crippen molar-refractivity contribution in [2.75, 3.05) is 5.32 Å². The lowest BCUT2D eigenvalue weighted by atomic mass is 10.2. The van der Waals surface area contributed by atoms with Crippen LogP contribution in [0.15, 0.2) is 36.4 Å². The third kappa shape index (κ3) is 2.85. The van der Waals surface area contributed by atoms with Gasteiger partial charge in [-0.25, -0.2) is 9.37 Å². The average Bonchev–Trinajstić information content (AvgIpc) is 2.88. The Morgan fingerprint density at radius 3 is 2.67 bits per heavy atom. The molecule has 1 amide bonds. The van der Waals surface area contributed by atoms with Gasteiger partial charge in [0.05, 0.1) is 14.7 Å². The van der Waals surface area contributed by atoms with E-state index in [1.165, 1.54) is 29.5 Å². The van der Waals surface area contributed by atoms with Gasteiger partial charge >= 0.3 is 0 Å². The van der Waals surface area contributed by atoms with Crippen molar-refractivity contribution in [3.8, 4) is 0 Å². The number of thiazole rings is 1. The first-order valence-corrected chi connectivity index (χ1v) is 7.43. The molecule has 0 radical (unpaired) electrons. The Bertz CT molecular complexity index is 811. The van der Waals surface area contributed by atoms with E-state index < -0.39 is 11.7 Å². The zero-order valence-electron chi connectivity index (χ0n) is 10.4. The number of nitrogens with zero attached hydrogens (tertiary/aromatic N) is 1. The standard InChI is InChI=1S/C14H7Cl2FN2OS/c15-9-4-5-10(16)12-11(9)18-14(21-12)19-13(20)7-2-1-3-8(17)6-7/h1-6H,(H,18,19,20). The third-order valence-corrected chi connectivity index (χ3v) is 4.49. The van der Waals surface area contributed by atoms with E-state index in [1.54, 1.807) is 12.1 Å². The Balaban J connectivity index is 1.93. The Morgan fingerprint density at radius 2 is 1.95 bits per heavy atom. The number of nitrogens with one attached hydrogen (secondary N) is 1. The molecular weight excluding hydrogens is 334 g/mol. The molecule has 3 rings (SSSR count). The van der Waals surface area contributed by atoms with Gasteiger partial charge in [-0.3, -0.25) is 10.1 Å². The number of amides is 1. The van der Waals surface area contributed by atoms with Crippen molar-refractivity contribution >= 4 is 55.8 Å². The van der Waals surface area contributed by atoms with Gasteiger partial charge in [0.1, 0.15) is 11.3 Å². The van der Waals surface area contributed by atoms with Gasteiger partial charge in [-0.05, 0) is 30.3 Å². The van der Waals surface area contributed by atoms with Crippen molar-refractivity contribution in [3.05, 3.63) is 57.8 Å². The molecule has 1 aromatic heterocycles. The predicted molar refractivity (Wildman–Crippen MR) is 84.0 cm³/mol. The summed E-state index contributed by atoms with van der Waals surface area (Å²) in [7, 11) is 0. The van der Waals surface area contributed by atoms with Gasteiger partial charge in [-0.15, -0.1) is 0 Å². The van der Waals surface area contributed by atoms with Crippen LogP contribution in [-0.4, -0.2) is 10.9 Å². The first-order valence-electron chi connectivity index (χ1n) is 5.86. The number of aromatic nitrogens is 1. The highest BCUT2D eigenvalue weighted by Gasteiger charge is 2.13. The van der Waals surface area contributed by atoms with Crippen LogP contribution in [0.5, 0.6) is 0 Å². The molecular formula is C14H7Cl2FN2OS. The molecule has 3 nitrogen and oxygen atoms in total. The molecule has 1 N–H and O–H groups in total. The number of carbonyl (C=O) groups excluding carboxylic acids is 1. The van der Waals surface area contributed by atoms with Crippen LogP contribution in [0, 0.1) is 5.82 Å². The van der Waals surface area contributed by atoms with E-state index in [2.05, 4.69) is 10.3 Å². The molecule has 3 aromatic rings. The summed E-state index contributed by atoms with van der Waals surface area (Å²) in [5.41, 5.74) is 0.746. The highest BCUT2D eigenvalue weighted by molar-refractivity contribution is 7.23. The van der Waals surface area contributed by atoms with E-state index in [0.29, 0.717) is 25.4 Å². The van der Waals surface area contributed by atoms with Crippen LogP contribution < -0.4 is 5.32 Å². The number of carbonyl (C=O) groups is 1. The zero-order chi connectivity index (χ0) is 15.0. The number of hydrogen-bond donors (Lipinski definition) is 1. The van der Waals surface area contributed by atoms with E-state index in [0.717, 1.165) is 6.07 Å². The van der Waals surface area contributed by atoms with Gasteiger partial charge in [0.25, 0.3) is 5.91 Å².